The molecule has 2 N–H and O–H groups in total. The van der Waals surface area contributed by atoms with Crippen LogP contribution in [0.1, 0.15) is 21.5 Å². The summed E-state index contributed by atoms with van der Waals surface area (Å²) in [5.74, 6) is 0.433. The minimum atomic E-state index is -0.126. The summed E-state index contributed by atoms with van der Waals surface area (Å²) in [5, 5.41) is 6.18. The van der Waals surface area contributed by atoms with E-state index in [9.17, 15) is 4.79 Å². The van der Waals surface area contributed by atoms with E-state index in [2.05, 4.69) is 27.8 Å². The van der Waals surface area contributed by atoms with Crippen molar-refractivity contribution >= 4 is 17.4 Å². The molecule has 25 heavy (non-hydrogen) atoms. The zero-order chi connectivity index (χ0) is 17.5. The second-order valence-corrected chi connectivity index (χ2v) is 5.88. The molecule has 1 aromatic heterocycles. The number of hydrogen-bond donors (Lipinski definition) is 2. The van der Waals surface area contributed by atoms with E-state index < -0.39 is 0 Å². The van der Waals surface area contributed by atoms with Gasteiger partial charge in [-0.25, -0.2) is 4.98 Å². The molecule has 0 radical (unpaired) electrons. The number of carbonyl (C=O) groups excluding carboxylic acids is 1. The highest BCUT2D eigenvalue weighted by molar-refractivity contribution is 5.99. The van der Waals surface area contributed by atoms with Crippen LogP contribution in [0.2, 0.25) is 0 Å². The van der Waals surface area contributed by atoms with Crippen molar-refractivity contribution in [3.05, 3.63) is 89.6 Å². The Kier molecular flexibility index (Phi) is 5.42. The summed E-state index contributed by atoms with van der Waals surface area (Å²) >= 11 is 0. The minimum Gasteiger partial charge on any atom is -0.352 e. The molecule has 2 aromatic carbocycles. The van der Waals surface area contributed by atoms with Gasteiger partial charge in [0.05, 0.1) is 5.56 Å². The molecule has 0 atom stereocenters. The Morgan fingerprint density at radius 2 is 1.72 bits per heavy atom. The Morgan fingerprint density at radius 3 is 2.48 bits per heavy atom. The van der Waals surface area contributed by atoms with E-state index in [4.69, 9.17) is 0 Å². The molecule has 0 fully saturated rings. The number of carbonyl (C=O) groups is 1. The molecule has 0 aliphatic rings. The van der Waals surface area contributed by atoms with Crippen LogP contribution < -0.4 is 10.6 Å². The van der Waals surface area contributed by atoms with Crippen molar-refractivity contribution < 1.29 is 4.79 Å². The first kappa shape index (κ1) is 16.7. The van der Waals surface area contributed by atoms with E-state index >= 15 is 0 Å². The predicted octanol–water partition coefficient (Wildman–Crippen LogP) is 4.11. The first-order valence-electron chi connectivity index (χ1n) is 8.33. The van der Waals surface area contributed by atoms with Gasteiger partial charge >= 0.3 is 0 Å². The fourth-order valence-corrected chi connectivity index (χ4v) is 2.52. The molecule has 3 aromatic rings. The SMILES string of the molecule is Cc1ccc(Nc2ncccc2C(=O)NCCc2ccccc2)cc1. The highest BCUT2D eigenvalue weighted by Gasteiger charge is 2.12. The zero-order valence-electron chi connectivity index (χ0n) is 14.2. The van der Waals surface area contributed by atoms with E-state index in [0.29, 0.717) is 17.9 Å². The van der Waals surface area contributed by atoms with Crippen LogP contribution in [-0.2, 0) is 6.42 Å². The van der Waals surface area contributed by atoms with Crippen molar-refractivity contribution in [2.75, 3.05) is 11.9 Å². The number of hydrogen-bond acceptors (Lipinski definition) is 3. The van der Waals surface area contributed by atoms with Crippen LogP contribution in [0.3, 0.4) is 0 Å². The third-order valence-corrected chi connectivity index (χ3v) is 3.91. The highest BCUT2D eigenvalue weighted by Crippen LogP contribution is 2.18. The monoisotopic (exact) mass is 331 g/mol. The Hall–Kier alpha value is -3.14. The number of amides is 1. The van der Waals surface area contributed by atoms with Gasteiger partial charge < -0.3 is 10.6 Å². The van der Waals surface area contributed by atoms with Crippen molar-refractivity contribution in [2.45, 2.75) is 13.3 Å². The number of anilines is 2. The highest BCUT2D eigenvalue weighted by atomic mass is 16.1. The number of pyridine rings is 1. The molecule has 1 amide bonds. The quantitative estimate of drug-likeness (QED) is 0.715. The molecule has 0 spiro atoms. The Bertz CT molecular complexity index is 829. The van der Waals surface area contributed by atoms with Gasteiger partial charge in [-0.1, -0.05) is 48.0 Å². The molecule has 0 unspecified atom stereocenters. The van der Waals surface area contributed by atoms with Crippen LogP contribution in [0.4, 0.5) is 11.5 Å². The molecule has 4 heteroatoms. The number of rotatable bonds is 6. The molecule has 126 valence electrons. The van der Waals surface area contributed by atoms with Gasteiger partial charge in [-0.3, -0.25) is 4.79 Å². The zero-order valence-corrected chi connectivity index (χ0v) is 14.2. The fraction of sp³-hybridized carbons (Fsp3) is 0.143. The number of aryl methyl sites for hydroxylation is 1. The summed E-state index contributed by atoms with van der Waals surface area (Å²) in [6.07, 6.45) is 2.48. The van der Waals surface area contributed by atoms with Crippen LogP contribution >= 0.6 is 0 Å². The predicted molar refractivity (Wildman–Crippen MR) is 101 cm³/mol. The second-order valence-electron chi connectivity index (χ2n) is 5.88. The smallest absolute Gasteiger partial charge is 0.255 e. The van der Waals surface area contributed by atoms with Crippen LogP contribution in [-0.4, -0.2) is 17.4 Å². The standard InChI is InChI=1S/C21H21N3O/c1-16-9-11-18(12-10-16)24-20-19(8-5-14-22-20)21(25)23-15-13-17-6-3-2-4-7-17/h2-12,14H,13,15H2,1H3,(H,22,24)(H,23,25). The maximum atomic E-state index is 12.5. The molecule has 0 aliphatic heterocycles. The average molecular weight is 331 g/mol. The molecule has 0 bridgehead atoms. The third kappa shape index (κ3) is 4.67. The van der Waals surface area contributed by atoms with Gasteiger partial charge in [-0.15, -0.1) is 0 Å². The van der Waals surface area contributed by atoms with Gasteiger partial charge in [-0.05, 0) is 43.2 Å². The lowest BCUT2D eigenvalue weighted by molar-refractivity contribution is 0.0954. The molecular formula is C21H21N3O. The van der Waals surface area contributed by atoms with E-state index in [1.807, 2.05) is 49.4 Å². The Labute approximate surface area is 147 Å². The molecule has 3 rings (SSSR count). The summed E-state index contributed by atoms with van der Waals surface area (Å²) in [5.41, 5.74) is 3.83. The van der Waals surface area contributed by atoms with Crippen LogP contribution in [0, 0.1) is 6.92 Å². The third-order valence-electron chi connectivity index (χ3n) is 3.91. The fourth-order valence-electron chi connectivity index (χ4n) is 2.52. The number of nitrogens with one attached hydrogen (secondary N) is 2. The van der Waals surface area contributed by atoms with E-state index in [1.54, 1.807) is 18.3 Å². The minimum absolute atomic E-state index is 0.126. The molecule has 1 heterocycles. The summed E-state index contributed by atoms with van der Waals surface area (Å²) in [4.78, 5) is 16.8. The molecule has 0 saturated carbocycles. The van der Waals surface area contributed by atoms with Crippen molar-refractivity contribution in [3.8, 4) is 0 Å². The maximum Gasteiger partial charge on any atom is 0.255 e. The summed E-state index contributed by atoms with van der Waals surface area (Å²) in [6, 6.07) is 21.6. The normalized spacial score (nSPS) is 10.3. The maximum absolute atomic E-state index is 12.5. The molecule has 4 nitrogen and oxygen atoms in total. The van der Waals surface area contributed by atoms with Crippen molar-refractivity contribution in [3.63, 3.8) is 0 Å². The molecule has 0 aliphatic carbocycles. The summed E-state index contributed by atoms with van der Waals surface area (Å²) in [7, 11) is 0. The molecule has 0 saturated heterocycles. The van der Waals surface area contributed by atoms with Crippen LogP contribution in [0.5, 0.6) is 0 Å². The first-order chi connectivity index (χ1) is 12.2. The largest absolute Gasteiger partial charge is 0.352 e. The topological polar surface area (TPSA) is 54.0 Å². The number of aromatic nitrogens is 1. The lowest BCUT2D eigenvalue weighted by atomic mass is 10.1. The van der Waals surface area contributed by atoms with Gasteiger partial charge in [0, 0.05) is 18.4 Å². The van der Waals surface area contributed by atoms with Crippen molar-refractivity contribution in [1.29, 1.82) is 0 Å². The Morgan fingerprint density at radius 1 is 0.960 bits per heavy atom. The van der Waals surface area contributed by atoms with Gasteiger partial charge in [-0.2, -0.15) is 0 Å². The van der Waals surface area contributed by atoms with Crippen LogP contribution in [0.15, 0.2) is 72.9 Å². The van der Waals surface area contributed by atoms with E-state index in [1.165, 1.54) is 11.1 Å². The second kappa shape index (κ2) is 8.11. The van der Waals surface area contributed by atoms with E-state index in [0.717, 1.165) is 12.1 Å². The van der Waals surface area contributed by atoms with Gasteiger partial charge in [0.2, 0.25) is 0 Å². The first-order valence-corrected chi connectivity index (χ1v) is 8.33. The van der Waals surface area contributed by atoms with Crippen molar-refractivity contribution in [2.24, 2.45) is 0 Å². The summed E-state index contributed by atoms with van der Waals surface area (Å²) in [6.45, 7) is 2.62. The molecular weight excluding hydrogens is 310 g/mol. The number of nitrogens with zero attached hydrogens (tertiary/aromatic N) is 1. The van der Waals surface area contributed by atoms with Gasteiger partial charge in [0.1, 0.15) is 5.82 Å². The average Bonchev–Trinajstić information content (AvgIpc) is 2.65. The Balaban J connectivity index is 1.65. The number of benzene rings is 2. The van der Waals surface area contributed by atoms with Crippen molar-refractivity contribution in [1.82, 2.24) is 10.3 Å². The van der Waals surface area contributed by atoms with Crippen LogP contribution in [0.25, 0.3) is 0 Å². The van der Waals surface area contributed by atoms with Gasteiger partial charge in [0.25, 0.3) is 5.91 Å². The van der Waals surface area contributed by atoms with E-state index in [-0.39, 0.29) is 5.91 Å². The lowest BCUT2D eigenvalue weighted by Crippen LogP contribution is -2.26. The van der Waals surface area contributed by atoms with Gasteiger partial charge in [0.15, 0.2) is 0 Å². The summed E-state index contributed by atoms with van der Waals surface area (Å²) < 4.78 is 0. The lowest BCUT2D eigenvalue weighted by Gasteiger charge is -2.11.